The van der Waals surface area contributed by atoms with Gasteiger partial charge in [-0.1, -0.05) is 37.3 Å². The molecule has 2 atom stereocenters. The molecule has 0 N–H and O–H groups in total. The van der Waals surface area contributed by atoms with Gasteiger partial charge in [0.05, 0.1) is 18.0 Å². The van der Waals surface area contributed by atoms with Gasteiger partial charge in [0.25, 0.3) is 5.78 Å². The van der Waals surface area contributed by atoms with Crippen LogP contribution in [-0.2, 0) is 6.42 Å². The summed E-state index contributed by atoms with van der Waals surface area (Å²) in [6.45, 7) is 3.00. The summed E-state index contributed by atoms with van der Waals surface area (Å²) in [5.41, 5.74) is 2.07. The van der Waals surface area contributed by atoms with Crippen LogP contribution in [0.15, 0.2) is 42.7 Å². The van der Waals surface area contributed by atoms with Crippen molar-refractivity contribution in [1.29, 1.82) is 5.26 Å². The molecule has 2 aromatic heterocycles. The summed E-state index contributed by atoms with van der Waals surface area (Å²) < 4.78 is 1.79. The van der Waals surface area contributed by atoms with Crippen LogP contribution in [0.25, 0.3) is 5.78 Å². The predicted molar refractivity (Wildman–Crippen MR) is 95.3 cm³/mol. The third kappa shape index (κ3) is 2.72. The number of anilines is 1. The molecule has 6 heteroatoms. The number of benzene rings is 1. The van der Waals surface area contributed by atoms with Crippen LogP contribution in [0.5, 0.6) is 0 Å². The van der Waals surface area contributed by atoms with Gasteiger partial charge in [-0.25, -0.2) is 4.98 Å². The highest BCUT2D eigenvalue weighted by atomic mass is 15.4. The van der Waals surface area contributed by atoms with E-state index < -0.39 is 0 Å². The van der Waals surface area contributed by atoms with Crippen LogP contribution < -0.4 is 4.90 Å². The van der Waals surface area contributed by atoms with Crippen molar-refractivity contribution in [2.24, 2.45) is 0 Å². The highest BCUT2D eigenvalue weighted by Crippen LogP contribution is 2.34. The van der Waals surface area contributed by atoms with Crippen LogP contribution >= 0.6 is 0 Å². The molecule has 0 bridgehead atoms. The molecule has 25 heavy (non-hydrogen) atoms. The van der Waals surface area contributed by atoms with Gasteiger partial charge in [0.2, 0.25) is 0 Å². The molecular weight excluding hydrogens is 312 g/mol. The average molecular weight is 332 g/mol. The van der Waals surface area contributed by atoms with Gasteiger partial charge < -0.3 is 4.90 Å². The number of fused-ring (bicyclic) bond motifs is 1. The van der Waals surface area contributed by atoms with E-state index >= 15 is 0 Å². The first-order chi connectivity index (χ1) is 12.3. The highest BCUT2D eigenvalue weighted by Gasteiger charge is 2.34. The molecule has 1 saturated heterocycles. The van der Waals surface area contributed by atoms with E-state index in [4.69, 9.17) is 0 Å². The van der Waals surface area contributed by atoms with Crippen molar-refractivity contribution in [3.63, 3.8) is 0 Å². The number of nitrogens with zero attached hydrogens (tertiary/aromatic N) is 6. The van der Waals surface area contributed by atoms with E-state index in [2.05, 4.69) is 39.0 Å². The van der Waals surface area contributed by atoms with Gasteiger partial charge in [0, 0.05) is 18.3 Å². The lowest BCUT2D eigenvalue weighted by molar-refractivity contribution is 0.601. The van der Waals surface area contributed by atoms with Crippen LogP contribution in [-0.4, -0.2) is 32.2 Å². The van der Waals surface area contributed by atoms with Gasteiger partial charge in [-0.05, 0) is 24.8 Å². The SMILES string of the molecule is CCc1cc(N2CCCC2C(C#N)c2ccccc2)n2ncnc2n1. The second kappa shape index (κ2) is 6.52. The maximum atomic E-state index is 9.85. The van der Waals surface area contributed by atoms with Crippen molar-refractivity contribution in [3.8, 4) is 6.07 Å². The van der Waals surface area contributed by atoms with Gasteiger partial charge in [0.1, 0.15) is 12.1 Å². The van der Waals surface area contributed by atoms with Crippen molar-refractivity contribution < 1.29 is 0 Å². The largest absolute Gasteiger partial charge is 0.352 e. The van der Waals surface area contributed by atoms with Crippen LogP contribution in [0.1, 0.15) is 36.9 Å². The number of nitriles is 1. The zero-order valence-electron chi connectivity index (χ0n) is 14.2. The third-order valence-electron chi connectivity index (χ3n) is 4.92. The molecule has 0 aliphatic carbocycles. The number of hydrogen-bond donors (Lipinski definition) is 0. The first kappa shape index (κ1) is 15.6. The molecule has 0 amide bonds. The van der Waals surface area contributed by atoms with Crippen LogP contribution in [0.4, 0.5) is 5.82 Å². The summed E-state index contributed by atoms with van der Waals surface area (Å²) in [5, 5.41) is 14.2. The normalized spacial score (nSPS) is 18.4. The van der Waals surface area contributed by atoms with Crippen molar-refractivity contribution in [1.82, 2.24) is 19.6 Å². The molecule has 3 heterocycles. The summed E-state index contributed by atoms with van der Waals surface area (Å²) >= 11 is 0. The minimum absolute atomic E-state index is 0.131. The molecule has 0 saturated carbocycles. The molecule has 1 aromatic carbocycles. The summed E-state index contributed by atoms with van der Waals surface area (Å²) in [5.74, 6) is 1.44. The van der Waals surface area contributed by atoms with Crippen molar-refractivity contribution in [2.45, 2.75) is 38.1 Å². The summed E-state index contributed by atoms with van der Waals surface area (Å²) in [7, 11) is 0. The van der Waals surface area contributed by atoms with Crippen molar-refractivity contribution in [2.75, 3.05) is 11.4 Å². The van der Waals surface area contributed by atoms with E-state index in [-0.39, 0.29) is 12.0 Å². The summed E-state index contributed by atoms with van der Waals surface area (Å²) in [6, 6.07) is 14.8. The minimum atomic E-state index is -0.166. The molecular formula is C19H20N6. The van der Waals surface area contributed by atoms with E-state index in [0.717, 1.165) is 42.9 Å². The summed E-state index contributed by atoms with van der Waals surface area (Å²) in [4.78, 5) is 11.1. The Balaban J connectivity index is 1.77. The fourth-order valence-corrected chi connectivity index (χ4v) is 3.70. The van der Waals surface area contributed by atoms with Crippen LogP contribution in [0, 0.1) is 11.3 Å². The third-order valence-corrected chi connectivity index (χ3v) is 4.92. The number of rotatable bonds is 4. The Bertz CT molecular complexity index is 911. The van der Waals surface area contributed by atoms with E-state index in [1.165, 1.54) is 6.33 Å². The second-order valence-corrected chi connectivity index (χ2v) is 6.35. The molecule has 1 aliphatic rings. The molecule has 0 spiro atoms. The number of aromatic nitrogens is 4. The molecule has 4 rings (SSSR count). The first-order valence-electron chi connectivity index (χ1n) is 8.72. The fraction of sp³-hybridized carbons (Fsp3) is 0.368. The highest BCUT2D eigenvalue weighted by molar-refractivity contribution is 5.50. The van der Waals surface area contributed by atoms with E-state index in [1.54, 1.807) is 4.52 Å². The Kier molecular flexibility index (Phi) is 4.06. The quantitative estimate of drug-likeness (QED) is 0.734. The van der Waals surface area contributed by atoms with Crippen LogP contribution in [0.3, 0.4) is 0 Å². The molecule has 1 aliphatic heterocycles. The Labute approximate surface area is 146 Å². The number of hydrogen-bond acceptors (Lipinski definition) is 5. The molecule has 1 fully saturated rings. The second-order valence-electron chi connectivity index (χ2n) is 6.35. The van der Waals surface area contributed by atoms with E-state index in [1.807, 2.05) is 30.3 Å². The predicted octanol–water partition coefficient (Wildman–Crippen LogP) is 2.96. The lowest BCUT2D eigenvalue weighted by Crippen LogP contribution is -2.35. The van der Waals surface area contributed by atoms with E-state index in [0.29, 0.717) is 5.78 Å². The number of aryl methyl sites for hydroxylation is 1. The zero-order chi connectivity index (χ0) is 17.2. The topological polar surface area (TPSA) is 70.1 Å². The Morgan fingerprint density at radius 2 is 2.16 bits per heavy atom. The molecule has 0 radical (unpaired) electrons. The molecule has 2 unspecified atom stereocenters. The zero-order valence-corrected chi connectivity index (χ0v) is 14.2. The van der Waals surface area contributed by atoms with Gasteiger partial charge >= 0.3 is 0 Å². The Hall–Kier alpha value is -2.94. The smallest absolute Gasteiger partial charge is 0.254 e. The monoisotopic (exact) mass is 332 g/mol. The Morgan fingerprint density at radius 3 is 2.92 bits per heavy atom. The van der Waals surface area contributed by atoms with Gasteiger partial charge in [-0.3, -0.25) is 0 Å². The Morgan fingerprint density at radius 1 is 1.32 bits per heavy atom. The lowest BCUT2D eigenvalue weighted by atomic mass is 9.91. The maximum Gasteiger partial charge on any atom is 0.254 e. The maximum absolute atomic E-state index is 9.85. The van der Waals surface area contributed by atoms with Gasteiger partial charge in [-0.15, -0.1) is 0 Å². The molecule has 3 aromatic rings. The first-order valence-corrected chi connectivity index (χ1v) is 8.72. The van der Waals surface area contributed by atoms with Crippen molar-refractivity contribution in [3.05, 3.63) is 54.0 Å². The van der Waals surface area contributed by atoms with Gasteiger partial charge in [0.15, 0.2) is 0 Å². The fourth-order valence-electron chi connectivity index (χ4n) is 3.70. The van der Waals surface area contributed by atoms with Crippen LogP contribution in [0.2, 0.25) is 0 Å². The minimum Gasteiger partial charge on any atom is -0.352 e. The lowest BCUT2D eigenvalue weighted by Gasteiger charge is -2.30. The standard InChI is InChI=1S/C19H20N6/c1-2-15-11-18(25-19(23-15)21-13-22-25)24-10-6-9-17(24)16(12-20)14-7-4-3-5-8-14/h3-5,7-8,11,13,16-17H,2,6,9-10H2,1H3. The molecule has 6 nitrogen and oxygen atoms in total. The average Bonchev–Trinajstić information content (AvgIpc) is 3.32. The van der Waals surface area contributed by atoms with Crippen molar-refractivity contribution >= 4 is 11.6 Å². The van der Waals surface area contributed by atoms with Gasteiger partial charge in [-0.2, -0.15) is 19.9 Å². The molecule has 126 valence electrons. The summed E-state index contributed by atoms with van der Waals surface area (Å²) in [6.07, 6.45) is 4.44. The van der Waals surface area contributed by atoms with E-state index in [9.17, 15) is 5.26 Å².